The van der Waals surface area contributed by atoms with Gasteiger partial charge in [0.25, 0.3) is 0 Å². The molecule has 1 aromatic rings. The molecule has 1 atom stereocenters. The molecule has 2 heteroatoms. The number of halogens is 2. The Kier molecular flexibility index (Phi) is 4.77. The lowest BCUT2D eigenvalue weighted by Gasteiger charge is -2.19. The summed E-state index contributed by atoms with van der Waals surface area (Å²) in [6, 6.07) is 7.82. The molecule has 78 valence electrons. The monoisotopic (exact) mass is 230 g/mol. The predicted molar refractivity (Wildman–Crippen MR) is 64.1 cm³/mol. The first-order valence-electron chi connectivity index (χ1n) is 5.08. The van der Waals surface area contributed by atoms with Gasteiger partial charge in [-0.2, -0.15) is 0 Å². The molecule has 0 radical (unpaired) electrons. The minimum Gasteiger partial charge on any atom is -0.118 e. The highest BCUT2D eigenvalue weighted by Gasteiger charge is 2.17. The SMILES string of the molecule is CCC(CC)C(Cl)c1ccc(Cl)cc1. The van der Waals surface area contributed by atoms with Crippen molar-refractivity contribution in [3.8, 4) is 0 Å². The van der Waals surface area contributed by atoms with Gasteiger partial charge < -0.3 is 0 Å². The second-order valence-electron chi connectivity index (χ2n) is 3.53. The molecule has 14 heavy (non-hydrogen) atoms. The van der Waals surface area contributed by atoms with E-state index in [0.29, 0.717) is 5.92 Å². The highest BCUT2D eigenvalue weighted by molar-refractivity contribution is 6.30. The third-order valence-electron chi connectivity index (χ3n) is 2.65. The van der Waals surface area contributed by atoms with E-state index in [9.17, 15) is 0 Å². The number of hydrogen-bond acceptors (Lipinski definition) is 0. The van der Waals surface area contributed by atoms with Crippen LogP contribution in [0, 0.1) is 5.92 Å². The summed E-state index contributed by atoms with van der Waals surface area (Å²) < 4.78 is 0. The number of rotatable bonds is 4. The van der Waals surface area contributed by atoms with Gasteiger partial charge in [0.2, 0.25) is 0 Å². The van der Waals surface area contributed by atoms with Gasteiger partial charge in [-0.05, 0) is 23.6 Å². The molecule has 0 bridgehead atoms. The zero-order valence-corrected chi connectivity index (χ0v) is 10.1. The van der Waals surface area contributed by atoms with Crippen LogP contribution in [0.25, 0.3) is 0 Å². The Morgan fingerprint density at radius 3 is 2.00 bits per heavy atom. The van der Waals surface area contributed by atoms with Crippen molar-refractivity contribution >= 4 is 23.2 Å². The van der Waals surface area contributed by atoms with Crippen molar-refractivity contribution in [2.24, 2.45) is 5.92 Å². The number of alkyl halides is 1. The Hall–Kier alpha value is -0.200. The van der Waals surface area contributed by atoms with Crippen LogP contribution in [-0.2, 0) is 0 Å². The van der Waals surface area contributed by atoms with Crippen LogP contribution in [-0.4, -0.2) is 0 Å². The highest BCUT2D eigenvalue weighted by atomic mass is 35.5. The van der Waals surface area contributed by atoms with Crippen LogP contribution in [0.1, 0.15) is 37.6 Å². The predicted octanol–water partition coefficient (Wildman–Crippen LogP) is 5.06. The molecular formula is C12H16Cl2. The summed E-state index contributed by atoms with van der Waals surface area (Å²) >= 11 is 12.2. The molecule has 1 unspecified atom stereocenters. The van der Waals surface area contributed by atoms with Crippen molar-refractivity contribution < 1.29 is 0 Å². The van der Waals surface area contributed by atoms with Gasteiger partial charge in [0.15, 0.2) is 0 Å². The largest absolute Gasteiger partial charge is 0.118 e. The van der Waals surface area contributed by atoms with Gasteiger partial charge in [-0.3, -0.25) is 0 Å². The lowest BCUT2D eigenvalue weighted by atomic mass is 9.94. The summed E-state index contributed by atoms with van der Waals surface area (Å²) in [6.45, 7) is 4.36. The van der Waals surface area contributed by atoms with E-state index in [1.165, 1.54) is 5.56 Å². The zero-order valence-electron chi connectivity index (χ0n) is 8.63. The lowest BCUT2D eigenvalue weighted by molar-refractivity contribution is 0.476. The molecule has 0 amide bonds. The Bertz CT molecular complexity index is 262. The Labute approximate surface area is 96.2 Å². The maximum absolute atomic E-state index is 6.38. The van der Waals surface area contributed by atoms with E-state index < -0.39 is 0 Å². The molecule has 0 nitrogen and oxygen atoms in total. The van der Waals surface area contributed by atoms with Gasteiger partial charge in [0.1, 0.15) is 0 Å². The summed E-state index contributed by atoms with van der Waals surface area (Å²) in [5.74, 6) is 0.554. The van der Waals surface area contributed by atoms with E-state index in [-0.39, 0.29) is 5.38 Å². The minimum atomic E-state index is 0.113. The first-order valence-corrected chi connectivity index (χ1v) is 5.90. The average molecular weight is 231 g/mol. The third kappa shape index (κ3) is 2.90. The van der Waals surface area contributed by atoms with Crippen molar-refractivity contribution in [1.82, 2.24) is 0 Å². The van der Waals surface area contributed by atoms with Crippen LogP contribution < -0.4 is 0 Å². The summed E-state index contributed by atoms with van der Waals surface area (Å²) in [7, 11) is 0. The van der Waals surface area contributed by atoms with Crippen LogP contribution in [0.5, 0.6) is 0 Å². The van der Waals surface area contributed by atoms with Crippen molar-refractivity contribution in [2.75, 3.05) is 0 Å². The molecule has 0 N–H and O–H groups in total. The van der Waals surface area contributed by atoms with Crippen LogP contribution in [0.2, 0.25) is 5.02 Å². The molecule has 0 aliphatic rings. The van der Waals surface area contributed by atoms with Crippen molar-refractivity contribution in [2.45, 2.75) is 32.1 Å². The molecule has 0 saturated carbocycles. The summed E-state index contributed by atoms with van der Waals surface area (Å²) in [6.07, 6.45) is 2.24. The average Bonchev–Trinajstić information content (AvgIpc) is 2.20. The summed E-state index contributed by atoms with van der Waals surface area (Å²) in [4.78, 5) is 0. The van der Waals surface area contributed by atoms with Crippen LogP contribution in [0.3, 0.4) is 0 Å². The molecule has 0 aliphatic carbocycles. The van der Waals surface area contributed by atoms with Crippen molar-refractivity contribution in [3.05, 3.63) is 34.9 Å². The fourth-order valence-electron chi connectivity index (χ4n) is 1.62. The van der Waals surface area contributed by atoms with Crippen LogP contribution in [0.4, 0.5) is 0 Å². The highest BCUT2D eigenvalue weighted by Crippen LogP contribution is 2.33. The zero-order chi connectivity index (χ0) is 10.6. The Morgan fingerprint density at radius 1 is 1.07 bits per heavy atom. The molecule has 0 aromatic heterocycles. The summed E-state index contributed by atoms with van der Waals surface area (Å²) in [5.41, 5.74) is 1.17. The molecular weight excluding hydrogens is 215 g/mol. The van der Waals surface area contributed by atoms with E-state index in [0.717, 1.165) is 17.9 Å². The number of benzene rings is 1. The third-order valence-corrected chi connectivity index (χ3v) is 3.51. The molecule has 0 saturated heterocycles. The first-order chi connectivity index (χ1) is 6.69. The second kappa shape index (κ2) is 5.63. The lowest BCUT2D eigenvalue weighted by Crippen LogP contribution is -2.05. The maximum atomic E-state index is 6.38. The molecule has 0 spiro atoms. The Morgan fingerprint density at radius 2 is 1.57 bits per heavy atom. The van der Waals surface area contributed by atoms with E-state index in [2.05, 4.69) is 13.8 Å². The van der Waals surface area contributed by atoms with Gasteiger partial charge >= 0.3 is 0 Å². The molecule has 0 heterocycles. The van der Waals surface area contributed by atoms with Crippen molar-refractivity contribution in [3.63, 3.8) is 0 Å². The second-order valence-corrected chi connectivity index (χ2v) is 4.44. The summed E-state index contributed by atoms with van der Waals surface area (Å²) in [5, 5.41) is 0.879. The van der Waals surface area contributed by atoms with Crippen molar-refractivity contribution in [1.29, 1.82) is 0 Å². The fourth-order valence-corrected chi connectivity index (χ4v) is 2.25. The normalized spacial score (nSPS) is 13.2. The number of hydrogen-bond donors (Lipinski definition) is 0. The van der Waals surface area contributed by atoms with Gasteiger partial charge in [0, 0.05) is 5.02 Å². The quantitative estimate of drug-likeness (QED) is 0.635. The molecule has 1 aromatic carbocycles. The van der Waals surface area contributed by atoms with E-state index >= 15 is 0 Å². The fraction of sp³-hybridized carbons (Fsp3) is 0.500. The topological polar surface area (TPSA) is 0 Å². The standard InChI is InChI=1S/C12H16Cl2/c1-3-9(4-2)12(14)10-5-7-11(13)8-6-10/h5-9,12H,3-4H2,1-2H3. The van der Waals surface area contributed by atoms with E-state index in [1.54, 1.807) is 0 Å². The minimum absolute atomic E-state index is 0.113. The van der Waals surface area contributed by atoms with Crippen LogP contribution >= 0.6 is 23.2 Å². The van der Waals surface area contributed by atoms with Gasteiger partial charge in [-0.15, -0.1) is 11.6 Å². The van der Waals surface area contributed by atoms with Crippen LogP contribution in [0.15, 0.2) is 24.3 Å². The molecule has 0 fully saturated rings. The maximum Gasteiger partial charge on any atom is 0.0613 e. The van der Waals surface area contributed by atoms with Gasteiger partial charge in [-0.1, -0.05) is 50.4 Å². The Balaban J connectivity index is 2.77. The first kappa shape index (κ1) is 11.9. The van der Waals surface area contributed by atoms with Gasteiger partial charge in [-0.25, -0.2) is 0 Å². The van der Waals surface area contributed by atoms with E-state index in [1.807, 2.05) is 24.3 Å². The van der Waals surface area contributed by atoms with Gasteiger partial charge in [0.05, 0.1) is 5.38 Å². The molecule has 1 rings (SSSR count). The van der Waals surface area contributed by atoms with E-state index in [4.69, 9.17) is 23.2 Å². The smallest absolute Gasteiger partial charge is 0.0613 e. The molecule has 0 aliphatic heterocycles.